The molecule has 2 N–H and O–H groups in total. The fourth-order valence-electron chi connectivity index (χ4n) is 2.37. The molecule has 0 saturated heterocycles. The van der Waals surface area contributed by atoms with Gasteiger partial charge in [-0.3, -0.25) is 0 Å². The van der Waals surface area contributed by atoms with Crippen LogP contribution in [0.3, 0.4) is 0 Å². The van der Waals surface area contributed by atoms with E-state index in [4.69, 9.17) is 0 Å². The lowest BCUT2D eigenvalue weighted by atomic mass is 9.92. The van der Waals surface area contributed by atoms with Gasteiger partial charge < -0.3 is 10.4 Å². The van der Waals surface area contributed by atoms with E-state index in [1.807, 2.05) is 0 Å². The van der Waals surface area contributed by atoms with Gasteiger partial charge in [0.2, 0.25) is 0 Å². The van der Waals surface area contributed by atoms with Crippen LogP contribution in [0.25, 0.3) is 0 Å². The molecule has 2 atom stereocenters. The highest BCUT2D eigenvalue weighted by molar-refractivity contribution is 4.79. The van der Waals surface area contributed by atoms with Gasteiger partial charge in [0.05, 0.1) is 6.10 Å². The van der Waals surface area contributed by atoms with E-state index in [2.05, 4.69) is 12.2 Å². The molecule has 0 heterocycles. The van der Waals surface area contributed by atoms with E-state index in [0.29, 0.717) is 6.04 Å². The van der Waals surface area contributed by atoms with Crippen LogP contribution in [0.4, 0.5) is 0 Å². The SMILES string of the molecule is CCCCCCCNC1CCCCC1O. The van der Waals surface area contributed by atoms with Gasteiger partial charge in [-0.2, -0.15) is 0 Å². The third kappa shape index (κ3) is 5.53. The number of hydrogen-bond donors (Lipinski definition) is 2. The van der Waals surface area contributed by atoms with Crippen molar-refractivity contribution < 1.29 is 5.11 Å². The predicted molar refractivity (Wildman–Crippen MR) is 65.0 cm³/mol. The summed E-state index contributed by atoms with van der Waals surface area (Å²) in [5.41, 5.74) is 0. The molecule has 0 aliphatic heterocycles. The molecule has 1 fully saturated rings. The lowest BCUT2D eigenvalue weighted by Gasteiger charge is -2.28. The number of aliphatic hydroxyl groups excluding tert-OH is 1. The molecule has 2 heteroatoms. The zero-order valence-corrected chi connectivity index (χ0v) is 10.2. The lowest BCUT2D eigenvalue weighted by Crippen LogP contribution is -2.42. The Morgan fingerprint density at radius 3 is 2.53 bits per heavy atom. The fourth-order valence-corrected chi connectivity index (χ4v) is 2.37. The Morgan fingerprint density at radius 2 is 1.80 bits per heavy atom. The zero-order chi connectivity index (χ0) is 10.9. The summed E-state index contributed by atoms with van der Waals surface area (Å²) in [4.78, 5) is 0. The summed E-state index contributed by atoms with van der Waals surface area (Å²) in [5, 5.41) is 13.2. The van der Waals surface area contributed by atoms with Gasteiger partial charge in [-0.05, 0) is 25.8 Å². The predicted octanol–water partition coefficient (Wildman–Crippen LogP) is 2.85. The standard InChI is InChI=1S/C13H27NO/c1-2-3-4-5-8-11-14-12-9-6-7-10-13(12)15/h12-15H,2-11H2,1H3. The van der Waals surface area contributed by atoms with E-state index in [1.54, 1.807) is 0 Å². The van der Waals surface area contributed by atoms with Crippen LogP contribution < -0.4 is 5.32 Å². The van der Waals surface area contributed by atoms with Crippen molar-refractivity contribution >= 4 is 0 Å². The first kappa shape index (κ1) is 13.0. The zero-order valence-electron chi connectivity index (χ0n) is 10.2. The van der Waals surface area contributed by atoms with Crippen molar-refractivity contribution in [3.8, 4) is 0 Å². The Balaban J connectivity index is 1.94. The van der Waals surface area contributed by atoms with E-state index in [0.717, 1.165) is 19.4 Å². The minimum Gasteiger partial charge on any atom is -0.392 e. The van der Waals surface area contributed by atoms with Crippen LogP contribution in [0.15, 0.2) is 0 Å². The molecule has 0 spiro atoms. The number of rotatable bonds is 7. The fraction of sp³-hybridized carbons (Fsp3) is 1.00. The molecule has 90 valence electrons. The van der Waals surface area contributed by atoms with Crippen molar-refractivity contribution in [3.05, 3.63) is 0 Å². The monoisotopic (exact) mass is 213 g/mol. The summed E-state index contributed by atoms with van der Waals surface area (Å²) in [6.07, 6.45) is 11.2. The number of hydrogen-bond acceptors (Lipinski definition) is 2. The van der Waals surface area contributed by atoms with E-state index in [9.17, 15) is 5.11 Å². The van der Waals surface area contributed by atoms with E-state index in [-0.39, 0.29) is 6.10 Å². The number of aliphatic hydroxyl groups is 1. The lowest BCUT2D eigenvalue weighted by molar-refractivity contribution is 0.0909. The summed E-state index contributed by atoms with van der Waals surface area (Å²) in [6.45, 7) is 3.34. The molecule has 0 aromatic rings. The minimum atomic E-state index is -0.0885. The molecule has 1 aliphatic carbocycles. The van der Waals surface area contributed by atoms with Crippen molar-refractivity contribution in [2.24, 2.45) is 0 Å². The Hall–Kier alpha value is -0.0800. The number of nitrogens with one attached hydrogen (secondary N) is 1. The van der Waals surface area contributed by atoms with Gasteiger partial charge >= 0.3 is 0 Å². The molecular weight excluding hydrogens is 186 g/mol. The van der Waals surface area contributed by atoms with Crippen molar-refractivity contribution in [1.29, 1.82) is 0 Å². The molecular formula is C13H27NO. The van der Waals surface area contributed by atoms with Crippen molar-refractivity contribution in [1.82, 2.24) is 5.32 Å². The van der Waals surface area contributed by atoms with Crippen LogP contribution in [-0.4, -0.2) is 23.8 Å². The van der Waals surface area contributed by atoms with Gasteiger partial charge in [0.15, 0.2) is 0 Å². The van der Waals surface area contributed by atoms with Crippen molar-refractivity contribution in [2.45, 2.75) is 76.9 Å². The third-order valence-electron chi connectivity index (χ3n) is 3.42. The molecule has 1 saturated carbocycles. The average molecular weight is 213 g/mol. The average Bonchev–Trinajstić information content (AvgIpc) is 2.25. The van der Waals surface area contributed by atoms with Crippen molar-refractivity contribution in [2.75, 3.05) is 6.54 Å². The Kier molecular flexibility index (Phi) is 7.03. The molecule has 2 nitrogen and oxygen atoms in total. The maximum absolute atomic E-state index is 9.75. The highest BCUT2D eigenvalue weighted by Gasteiger charge is 2.21. The largest absolute Gasteiger partial charge is 0.392 e. The Labute approximate surface area is 94.5 Å². The molecule has 0 aromatic carbocycles. The normalized spacial score (nSPS) is 26.8. The molecule has 0 bridgehead atoms. The first-order valence-corrected chi connectivity index (χ1v) is 6.76. The van der Waals surface area contributed by atoms with Gasteiger partial charge in [0.1, 0.15) is 0 Å². The quantitative estimate of drug-likeness (QED) is 0.637. The van der Waals surface area contributed by atoms with Crippen LogP contribution in [0.1, 0.15) is 64.7 Å². The summed E-state index contributed by atoms with van der Waals surface area (Å²) in [7, 11) is 0. The van der Waals surface area contributed by atoms with Crippen LogP contribution in [0.5, 0.6) is 0 Å². The van der Waals surface area contributed by atoms with E-state index < -0.39 is 0 Å². The third-order valence-corrected chi connectivity index (χ3v) is 3.42. The van der Waals surface area contributed by atoms with E-state index in [1.165, 1.54) is 44.9 Å². The summed E-state index contributed by atoms with van der Waals surface area (Å²) in [6, 6.07) is 0.380. The first-order chi connectivity index (χ1) is 7.34. The molecule has 0 radical (unpaired) electrons. The molecule has 1 rings (SSSR count). The summed E-state index contributed by atoms with van der Waals surface area (Å²) < 4.78 is 0. The van der Waals surface area contributed by atoms with Crippen LogP contribution in [0, 0.1) is 0 Å². The second-order valence-electron chi connectivity index (χ2n) is 4.83. The highest BCUT2D eigenvalue weighted by atomic mass is 16.3. The second kappa shape index (κ2) is 8.12. The van der Waals surface area contributed by atoms with Gasteiger partial charge in [-0.1, -0.05) is 45.4 Å². The van der Waals surface area contributed by atoms with Crippen LogP contribution in [-0.2, 0) is 0 Å². The van der Waals surface area contributed by atoms with Crippen molar-refractivity contribution in [3.63, 3.8) is 0 Å². The summed E-state index contributed by atoms with van der Waals surface area (Å²) in [5.74, 6) is 0. The molecule has 0 amide bonds. The Morgan fingerprint density at radius 1 is 1.07 bits per heavy atom. The van der Waals surface area contributed by atoms with Crippen LogP contribution >= 0.6 is 0 Å². The summed E-state index contributed by atoms with van der Waals surface area (Å²) >= 11 is 0. The van der Waals surface area contributed by atoms with Gasteiger partial charge in [-0.25, -0.2) is 0 Å². The van der Waals surface area contributed by atoms with Gasteiger partial charge in [-0.15, -0.1) is 0 Å². The highest BCUT2D eigenvalue weighted by Crippen LogP contribution is 2.18. The first-order valence-electron chi connectivity index (χ1n) is 6.76. The second-order valence-corrected chi connectivity index (χ2v) is 4.83. The smallest absolute Gasteiger partial charge is 0.0693 e. The topological polar surface area (TPSA) is 32.3 Å². The Bertz CT molecular complexity index is 149. The molecule has 15 heavy (non-hydrogen) atoms. The molecule has 2 unspecified atom stereocenters. The maximum Gasteiger partial charge on any atom is 0.0693 e. The van der Waals surface area contributed by atoms with Gasteiger partial charge in [0, 0.05) is 6.04 Å². The van der Waals surface area contributed by atoms with Gasteiger partial charge in [0.25, 0.3) is 0 Å². The maximum atomic E-state index is 9.75. The molecule has 0 aromatic heterocycles. The number of unbranched alkanes of at least 4 members (excludes halogenated alkanes) is 4. The van der Waals surface area contributed by atoms with E-state index >= 15 is 0 Å². The minimum absolute atomic E-state index is 0.0885. The molecule has 1 aliphatic rings. The van der Waals surface area contributed by atoms with Crippen LogP contribution in [0.2, 0.25) is 0 Å².